The summed E-state index contributed by atoms with van der Waals surface area (Å²) in [6.45, 7) is 7.87. The summed E-state index contributed by atoms with van der Waals surface area (Å²) >= 11 is 0. The fourth-order valence-electron chi connectivity index (χ4n) is 2.79. The highest BCUT2D eigenvalue weighted by Gasteiger charge is 2.07. The quantitative estimate of drug-likeness (QED) is 0.798. The standard InChI is InChI=1S/C22H28N2O2/c1-15(2)22(26)23-14-19-7-11-21(12-8-19)20-9-5-18(6-10-20)13-16(3)24-17(4)25/h5-12,15-16H,13-14H2,1-4H3,(H,23,26)(H,24,25)/t16-/m1/s1. The summed E-state index contributed by atoms with van der Waals surface area (Å²) in [5.41, 5.74) is 4.58. The van der Waals surface area contributed by atoms with Crippen LogP contribution < -0.4 is 10.6 Å². The first-order chi connectivity index (χ1) is 12.3. The second kappa shape index (κ2) is 9.18. The molecule has 26 heavy (non-hydrogen) atoms. The molecule has 0 aromatic heterocycles. The molecule has 0 aliphatic heterocycles. The molecule has 0 aliphatic carbocycles. The lowest BCUT2D eigenvalue weighted by Gasteiger charge is -2.13. The van der Waals surface area contributed by atoms with Crippen LogP contribution in [0.3, 0.4) is 0 Å². The molecule has 0 heterocycles. The van der Waals surface area contributed by atoms with E-state index in [0.717, 1.165) is 23.1 Å². The lowest BCUT2D eigenvalue weighted by atomic mass is 10.00. The molecule has 4 nitrogen and oxygen atoms in total. The van der Waals surface area contributed by atoms with E-state index in [-0.39, 0.29) is 23.8 Å². The molecule has 138 valence electrons. The molecule has 0 saturated heterocycles. The SMILES string of the molecule is CC(=O)N[C@H](C)Cc1ccc(-c2ccc(CNC(=O)C(C)C)cc2)cc1. The predicted octanol–water partition coefficient (Wildman–Crippen LogP) is 3.69. The van der Waals surface area contributed by atoms with Gasteiger partial charge in [-0.1, -0.05) is 62.4 Å². The highest BCUT2D eigenvalue weighted by molar-refractivity contribution is 5.77. The molecule has 2 aromatic rings. The maximum atomic E-state index is 11.6. The van der Waals surface area contributed by atoms with Crippen LogP contribution in [0.25, 0.3) is 11.1 Å². The zero-order valence-electron chi connectivity index (χ0n) is 16.0. The van der Waals surface area contributed by atoms with Gasteiger partial charge >= 0.3 is 0 Å². The number of benzene rings is 2. The van der Waals surface area contributed by atoms with Crippen molar-refractivity contribution in [2.24, 2.45) is 5.92 Å². The van der Waals surface area contributed by atoms with Crippen molar-refractivity contribution in [1.82, 2.24) is 10.6 Å². The van der Waals surface area contributed by atoms with Crippen LogP contribution in [0.15, 0.2) is 48.5 Å². The van der Waals surface area contributed by atoms with Gasteiger partial charge in [0.2, 0.25) is 11.8 Å². The van der Waals surface area contributed by atoms with Gasteiger partial charge in [0.1, 0.15) is 0 Å². The second-order valence-corrected chi connectivity index (χ2v) is 7.07. The van der Waals surface area contributed by atoms with Gasteiger partial charge in [-0.25, -0.2) is 0 Å². The first-order valence-electron chi connectivity index (χ1n) is 9.08. The number of amides is 2. The molecule has 2 N–H and O–H groups in total. The van der Waals surface area contributed by atoms with Gasteiger partial charge in [-0.3, -0.25) is 9.59 Å². The molecule has 2 rings (SSSR count). The van der Waals surface area contributed by atoms with Gasteiger partial charge in [-0.2, -0.15) is 0 Å². The number of hydrogen-bond donors (Lipinski definition) is 2. The molecule has 0 spiro atoms. The van der Waals surface area contributed by atoms with Crippen molar-refractivity contribution in [2.75, 3.05) is 0 Å². The molecule has 0 radical (unpaired) electrons. The fraction of sp³-hybridized carbons (Fsp3) is 0.364. The maximum absolute atomic E-state index is 11.6. The van der Waals surface area contributed by atoms with Crippen molar-refractivity contribution < 1.29 is 9.59 Å². The first-order valence-corrected chi connectivity index (χ1v) is 9.08. The fourth-order valence-corrected chi connectivity index (χ4v) is 2.79. The normalized spacial score (nSPS) is 11.9. The summed E-state index contributed by atoms with van der Waals surface area (Å²) in [4.78, 5) is 22.7. The summed E-state index contributed by atoms with van der Waals surface area (Å²) < 4.78 is 0. The molecular weight excluding hydrogens is 324 g/mol. The van der Waals surface area contributed by atoms with Crippen LogP contribution in [0, 0.1) is 5.92 Å². The molecule has 2 aromatic carbocycles. The summed E-state index contributed by atoms with van der Waals surface area (Å²) in [6, 6.07) is 16.8. The third kappa shape index (κ3) is 6.03. The Morgan fingerprint density at radius 3 is 1.81 bits per heavy atom. The Balaban J connectivity index is 1.96. The Hall–Kier alpha value is -2.62. The van der Waals surface area contributed by atoms with E-state index < -0.39 is 0 Å². The third-order valence-corrected chi connectivity index (χ3v) is 4.22. The van der Waals surface area contributed by atoms with Crippen LogP contribution >= 0.6 is 0 Å². The van der Waals surface area contributed by atoms with Gasteiger partial charge in [-0.05, 0) is 35.6 Å². The van der Waals surface area contributed by atoms with Gasteiger partial charge in [0.05, 0.1) is 0 Å². The van der Waals surface area contributed by atoms with E-state index in [1.807, 2.05) is 32.9 Å². The first kappa shape index (κ1) is 19.7. The molecule has 0 saturated carbocycles. The van der Waals surface area contributed by atoms with Gasteiger partial charge in [-0.15, -0.1) is 0 Å². The van der Waals surface area contributed by atoms with E-state index in [0.29, 0.717) is 6.54 Å². The lowest BCUT2D eigenvalue weighted by Crippen LogP contribution is -2.31. The van der Waals surface area contributed by atoms with E-state index in [1.165, 1.54) is 12.5 Å². The molecule has 2 amide bonds. The Bertz CT molecular complexity index is 734. The highest BCUT2D eigenvalue weighted by atomic mass is 16.2. The summed E-state index contributed by atoms with van der Waals surface area (Å²) in [5, 5.41) is 5.83. The van der Waals surface area contributed by atoms with Crippen LogP contribution in [-0.4, -0.2) is 17.9 Å². The molecule has 1 atom stereocenters. The van der Waals surface area contributed by atoms with E-state index in [1.54, 1.807) is 0 Å². The zero-order valence-corrected chi connectivity index (χ0v) is 16.0. The number of hydrogen-bond acceptors (Lipinski definition) is 2. The monoisotopic (exact) mass is 352 g/mol. The van der Waals surface area contributed by atoms with E-state index in [4.69, 9.17) is 0 Å². The van der Waals surface area contributed by atoms with Crippen molar-refractivity contribution in [3.63, 3.8) is 0 Å². The minimum absolute atomic E-state index is 0.00107. The van der Waals surface area contributed by atoms with Crippen LogP contribution in [0.4, 0.5) is 0 Å². The highest BCUT2D eigenvalue weighted by Crippen LogP contribution is 2.21. The largest absolute Gasteiger partial charge is 0.354 e. The molecule has 0 unspecified atom stereocenters. The summed E-state index contributed by atoms with van der Waals surface area (Å²) in [7, 11) is 0. The minimum atomic E-state index is -0.00112. The Labute approximate surface area is 156 Å². The van der Waals surface area contributed by atoms with Crippen molar-refractivity contribution >= 4 is 11.8 Å². The van der Waals surface area contributed by atoms with Crippen molar-refractivity contribution in [1.29, 1.82) is 0 Å². The lowest BCUT2D eigenvalue weighted by molar-refractivity contribution is -0.124. The van der Waals surface area contributed by atoms with Crippen molar-refractivity contribution in [3.05, 3.63) is 59.7 Å². The van der Waals surface area contributed by atoms with Crippen LogP contribution in [-0.2, 0) is 22.6 Å². The number of carbonyl (C=O) groups excluding carboxylic acids is 2. The number of rotatable bonds is 7. The maximum Gasteiger partial charge on any atom is 0.222 e. The molecular formula is C22H28N2O2. The topological polar surface area (TPSA) is 58.2 Å². The zero-order chi connectivity index (χ0) is 19.1. The third-order valence-electron chi connectivity index (χ3n) is 4.22. The molecule has 0 fully saturated rings. The Morgan fingerprint density at radius 1 is 0.846 bits per heavy atom. The minimum Gasteiger partial charge on any atom is -0.354 e. The van der Waals surface area contributed by atoms with E-state index >= 15 is 0 Å². The Kier molecular flexibility index (Phi) is 6.96. The van der Waals surface area contributed by atoms with Crippen LogP contribution in [0.1, 0.15) is 38.8 Å². The Morgan fingerprint density at radius 2 is 1.35 bits per heavy atom. The predicted molar refractivity (Wildman–Crippen MR) is 106 cm³/mol. The number of carbonyl (C=O) groups is 2. The average molecular weight is 352 g/mol. The number of nitrogens with one attached hydrogen (secondary N) is 2. The smallest absolute Gasteiger partial charge is 0.222 e. The van der Waals surface area contributed by atoms with Crippen molar-refractivity contribution in [3.8, 4) is 11.1 Å². The summed E-state index contributed by atoms with van der Waals surface area (Å²) in [5.74, 6) is 0.0677. The van der Waals surface area contributed by atoms with Gasteiger partial charge in [0.15, 0.2) is 0 Å². The van der Waals surface area contributed by atoms with Gasteiger partial charge in [0, 0.05) is 25.4 Å². The van der Waals surface area contributed by atoms with E-state index in [2.05, 4.69) is 47.0 Å². The molecule has 0 bridgehead atoms. The molecule has 0 aliphatic rings. The van der Waals surface area contributed by atoms with E-state index in [9.17, 15) is 9.59 Å². The molecule has 4 heteroatoms. The van der Waals surface area contributed by atoms with Gasteiger partial charge < -0.3 is 10.6 Å². The van der Waals surface area contributed by atoms with Crippen LogP contribution in [0.5, 0.6) is 0 Å². The average Bonchev–Trinajstić information content (AvgIpc) is 2.60. The van der Waals surface area contributed by atoms with Crippen LogP contribution in [0.2, 0.25) is 0 Å². The van der Waals surface area contributed by atoms with Gasteiger partial charge in [0.25, 0.3) is 0 Å². The van der Waals surface area contributed by atoms with Crippen molar-refractivity contribution in [2.45, 2.75) is 46.7 Å². The summed E-state index contributed by atoms with van der Waals surface area (Å²) in [6.07, 6.45) is 0.814. The second-order valence-electron chi connectivity index (χ2n) is 7.07.